The number of carbonyl (C=O) groups excluding carboxylic acids is 1. The van der Waals surface area contributed by atoms with E-state index in [0.717, 1.165) is 10.7 Å². The topological polar surface area (TPSA) is 97.1 Å². The molecule has 0 unspecified atom stereocenters. The number of carbonyl (C=O) groups is 2. The van der Waals surface area contributed by atoms with Gasteiger partial charge in [0.1, 0.15) is 12.2 Å². The van der Waals surface area contributed by atoms with Crippen LogP contribution in [0.3, 0.4) is 0 Å². The quantitative estimate of drug-likeness (QED) is 0.788. The Labute approximate surface area is 129 Å². The lowest BCUT2D eigenvalue weighted by molar-refractivity contribution is -0.138. The van der Waals surface area contributed by atoms with Gasteiger partial charge in [-0.15, -0.1) is 5.10 Å². The fourth-order valence-corrected chi connectivity index (χ4v) is 1.90. The van der Waals surface area contributed by atoms with Gasteiger partial charge in [-0.2, -0.15) is 0 Å². The zero-order chi connectivity index (χ0) is 16.8. The molecule has 9 heteroatoms. The molecule has 1 heterocycles. The van der Waals surface area contributed by atoms with Crippen molar-refractivity contribution in [3.05, 3.63) is 47.3 Å². The summed E-state index contributed by atoms with van der Waals surface area (Å²) in [6.45, 7) is -0.246. The van der Waals surface area contributed by atoms with Gasteiger partial charge in [-0.3, -0.25) is 9.59 Å². The first-order valence-corrected chi connectivity index (χ1v) is 6.76. The summed E-state index contributed by atoms with van der Waals surface area (Å²) in [7, 11) is 0. The van der Waals surface area contributed by atoms with Gasteiger partial charge in [0.15, 0.2) is 11.6 Å². The fourth-order valence-electron chi connectivity index (χ4n) is 1.90. The van der Waals surface area contributed by atoms with Gasteiger partial charge < -0.3 is 10.4 Å². The minimum Gasteiger partial charge on any atom is -0.480 e. The zero-order valence-electron chi connectivity index (χ0n) is 12.0. The van der Waals surface area contributed by atoms with Gasteiger partial charge in [0.25, 0.3) is 0 Å². The molecule has 122 valence electrons. The molecule has 23 heavy (non-hydrogen) atoms. The lowest BCUT2D eigenvalue weighted by atomic mass is 10.1. The molecular weight excluding hydrogens is 310 g/mol. The van der Waals surface area contributed by atoms with Gasteiger partial charge >= 0.3 is 5.97 Å². The fraction of sp³-hybridized carbons (Fsp3) is 0.286. The van der Waals surface area contributed by atoms with Crippen LogP contribution in [0.5, 0.6) is 0 Å². The Morgan fingerprint density at radius 2 is 2.09 bits per heavy atom. The summed E-state index contributed by atoms with van der Waals surface area (Å²) in [5, 5.41) is 18.5. The van der Waals surface area contributed by atoms with E-state index in [0.29, 0.717) is 5.69 Å². The van der Waals surface area contributed by atoms with E-state index in [2.05, 4.69) is 15.6 Å². The van der Waals surface area contributed by atoms with E-state index in [9.17, 15) is 18.4 Å². The normalized spacial score (nSPS) is 10.5. The van der Waals surface area contributed by atoms with Gasteiger partial charge in [-0.25, -0.2) is 13.5 Å². The highest BCUT2D eigenvalue weighted by molar-refractivity contribution is 5.76. The molecule has 2 rings (SSSR count). The van der Waals surface area contributed by atoms with Crippen LogP contribution in [-0.2, 0) is 29.1 Å². The molecule has 0 saturated heterocycles. The summed E-state index contributed by atoms with van der Waals surface area (Å²) >= 11 is 0. The number of hydrogen-bond acceptors (Lipinski definition) is 4. The predicted molar refractivity (Wildman–Crippen MR) is 74.2 cm³/mol. The molecule has 2 N–H and O–H groups in total. The van der Waals surface area contributed by atoms with Crippen molar-refractivity contribution in [1.82, 2.24) is 20.3 Å². The standard InChI is InChI=1S/C14H14F2N4O3/c15-11-3-1-2-9(14(11)16)4-5-12(21)17-6-10-7-20(19-18-10)8-13(22)23/h1-3,7H,4-6,8H2,(H,17,21)(H,22,23). The van der Waals surface area contributed by atoms with Crippen LogP contribution in [0.2, 0.25) is 0 Å². The third-order valence-corrected chi connectivity index (χ3v) is 3.00. The summed E-state index contributed by atoms with van der Waals surface area (Å²) in [5.74, 6) is -3.31. The lowest BCUT2D eigenvalue weighted by Gasteiger charge is -2.05. The Balaban J connectivity index is 1.80. The first kappa shape index (κ1) is 16.5. The van der Waals surface area contributed by atoms with Gasteiger partial charge in [0, 0.05) is 6.42 Å². The molecule has 0 radical (unpaired) electrons. The molecule has 1 aromatic carbocycles. The Hall–Kier alpha value is -2.84. The first-order chi connectivity index (χ1) is 11.0. The molecule has 0 spiro atoms. The van der Waals surface area contributed by atoms with E-state index >= 15 is 0 Å². The predicted octanol–water partition coefficient (Wildman–Crippen LogP) is 0.890. The minimum absolute atomic E-state index is 0.0103. The molecule has 1 amide bonds. The van der Waals surface area contributed by atoms with Gasteiger partial charge in [-0.05, 0) is 18.1 Å². The third kappa shape index (κ3) is 4.83. The Bertz CT molecular complexity index is 718. The second-order valence-corrected chi connectivity index (χ2v) is 4.79. The molecular formula is C14H14F2N4O3. The Morgan fingerprint density at radius 3 is 2.83 bits per heavy atom. The first-order valence-electron chi connectivity index (χ1n) is 6.76. The van der Waals surface area contributed by atoms with Crippen molar-refractivity contribution in [2.24, 2.45) is 0 Å². The molecule has 1 aromatic heterocycles. The smallest absolute Gasteiger partial charge is 0.325 e. The van der Waals surface area contributed by atoms with Gasteiger partial charge in [0.05, 0.1) is 12.7 Å². The molecule has 0 aliphatic rings. The van der Waals surface area contributed by atoms with Crippen molar-refractivity contribution < 1.29 is 23.5 Å². The average Bonchev–Trinajstić information content (AvgIpc) is 2.93. The number of benzene rings is 1. The molecule has 0 atom stereocenters. The Kier molecular flexibility index (Phi) is 5.34. The van der Waals surface area contributed by atoms with E-state index in [1.807, 2.05) is 0 Å². The summed E-state index contributed by atoms with van der Waals surface area (Å²) in [4.78, 5) is 22.2. The van der Waals surface area contributed by atoms with Crippen LogP contribution >= 0.6 is 0 Å². The van der Waals surface area contributed by atoms with Gasteiger partial charge in [-0.1, -0.05) is 17.3 Å². The van der Waals surface area contributed by atoms with Crippen LogP contribution in [0.4, 0.5) is 8.78 Å². The maximum absolute atomic E-state index is 13.4. The number of rotatable bonds is 7. The zero-order valence-corrected chi connectivity index (χ0v) is 12.0. The molecule has 0 bridgehead atoms. The largest absolute Gasteiger partial charge is 0.480 e. The number of hydrogen-bond donors (Lipinski definition) is 2. The average molecular weight is 324 g/mol. The third-order valence-electron chi connectivity index (χ3n) is 3.00. The van der Waals surface area contributed by atoms with Crippen LogP contribution in [-0.4, -0.2) is 32.0 Å². The number of nitrogens with one attached hydrogen (secondary N) is 1. The van der Waals surface area contributed by atoms with Crippen molar-refractivity contribution in [2.45, 2.75) is 25.9 Å². The molecule has 0 fully saturated rings. The van der Waals surface area contributed by atoms with Crippen LogP contribution in [0.1, 0.15) is 17.7 Å². The highest BCUT2D eigenvalue weighted by Crippen LogP contribution is 2.13. The molecule has 0 aliphatic carbocycles. The van der Waals surface area contributed by atoms with Crippen molar-refractivity contribution in [2.75, 3.05) is 0 Å². The highest BCUT2D eigenvalue weighted by Gasteiger charge is 2.10. The number of carboxylic acid groups (broad SMARTS) is 1. The van der Waals surface area contributed by atoms with Crippen LogP contribution in [0.25, 0.3) is 0 Å². The molecule has 0 saturated carbocycles. The second kappa shape index (κ2) is 7.43. The summed E-state index contributed by atoms with van der Waals surface area (Å²) in [6, 6.07) is 3.81. The number of carboxylic acids is 1. The number of aliphatic carboxylic acids is 1. The van der Waals surface area contributed by atoms with E-state index in [-0.39, 0.29) is 37.4 Å². The summed E-state index contributed by atoms with van der Waals surface area (Å²) in [6.07, 6.45) is 1.46. The van der Waals surface area contributed by atoms with Crippen LogP contribution < -0.4 is 5.32 Å². The molecule has 7 nitrogen and oxygen atoms in total. The van der Waals surface area contributed by atoms with Gasteiger partial charge in [0.2, 0.25) is 5.91 Å². The molecule has 0 aliphatic heterocycles. The summed E-state index contributed by atoms with van der Waals surface area (Å²) < 4.78 is 27.6. The van der Waals surface area contributed by atoms with E-state index in [4.69, 9.17) is 5.11 Å². The SMILES string of the molecule is O=C(O)Cn1cc(CNC(=O)CCc2cccc(F)c2F)nn1. The van der Waals surface area contributed by atoms with Crippen LogP contribution in [0, 0.1) is 11.6 Å². The van der Waals surface area contributed by atoms with E-state index < -0.39 is 17.6 Å². The van der Waals surface area contributed by atoms with Crippen LogP contribution in [0.15, 0.2) is 24.4 Å². The number of halogens is 2. The molecule has 2 aromatic rings. The second-order valence-electron chi connectivity index (χ2n) is 4.79. The van der Waals surface area contributed by atoms with E-state index in [1.165, 1.54) is 18.3 Å². The number of aryl methyl sites for hydroxylation is 1. The number of aromatic nitrogens is 3. The van der Waals surface area contributed by atoms with E-state index in [1.54, 1.807) is 0 Å². The van der Waals surface area contributed by atoms with Crippen molar-refractivity contribution >= 4 is 11.9 Å². The monoisotopic (exact) mass is 324 g/mol. The maximum atomic E-state index is 13.4. The summed E-state index contributed by atoms with van der Waals surface area (Å²) in [5.41, 5.74) is 0.532. The van der Waals surface area contributed by atoms with Crippen molar-refractivity contribution in [1.29, 1.82) is 0 Å². The minimum atomic E-state index is -1.05. The van der Waals surface area contributed by atoms with Crippen molar-refractivity contribution in [3.63, 3.8) is 0 Å². The highest BCUT2D eigenvalue weighted by atomic mass is 19.2. The number of amides is 1. The maximum Gasteiger partial charge on any atom is 0.325 e. The Morgan fingerprint density at radius 1 is 1.30 bits per heavy atom. The lowest BCUT2D eigenvalue weighted by Crippen LogP contribution is -2.23. The van der Waals surface area contributed by atoms with Crippen molar-refractivity contribution in [3.8, 4) is 0 Å². The number of nitrogens with zero attached hydrogens (tertiary/aromatic N) is 3.